The smallest absolute Gasteiger partial charge is 0.181 e. The van der Waals surface area contributed by atoms with E-state index in [1.54, 1.807) is 6.08 Å². The van der Waals surface area contributed by atoms with Gasteiger partial charge in [0.15, 0.2) is 5.78 Å². The van der Waals surface area contributed by atoms with Gasteiger partial charge in [0.1, 0.15) is 0 Å². The molecular formula is C15H22O3. The topological polar surface area (TPSA) is 57.5 Å². The molecule has 1 fully saturated rings. The van der Waals surface area contributed by atoms with Gasteiger partial charge < -0.3 is 10.2 Å². The number of ketones is 1. The maximum atomic E-state index is 12.1. The summed E-state index contributed by atoms with van der Waals surface area (Å²) in [7, 11) is 0. The van der Waals surface area contributed by atoms with Gasteiger partial charge in [-0.2, -0.15) is 0 Å². The van der Waals surface area contributed by atoms with Gasteiger partial charge in [-0.1, -0.05) is 26.8 Å². The molecule has 0 aliphatic heterocycles. The minimum Gasteiger partial charge on any atom is -0.396 e. The van der Waals surface area contributed by atoms with Crippen molar-refractivity contribution >= 4 is 5.78 Å². The quantitative estimate of drug-likeness (QED) is 0.786. The third-order valence-corrected chi connectivity index (χ3v) is 4.71. The average Bonchev–Trinajstić information content (AvgIpc) is 2.35. The van der Waals surface area contributed by atoms with Crippen molar-refractivity contribution in [3.63, 3.8) is 0 Å². The summed E-state index contributed by atoms with van der Waals surface area (Å²) in [5.74, 6) is 0.205. The Morgan fingerprint density at radius 3 is 2.78 bits per heavy atom. The summed E-state index contributed by atoms with van der Waals surface area (Å²) >= 11 is 0. The first kappa shape index (κ1) is 13.5. The Bertz CT molecular complexity index is 421. The number of allylic oxidation sites excluding steroid dienone is 2. The molecule has 0 aromatic carbocycles. The molecule has 1 saturated carbocycles. The standard InChI is InChI=1S/C15H22O3/c1-9(8-16)11-7-15(3)10(2)4-5-13(17)12(15)6-14(11)18/h6-7,9-10,13,16-17H,4-5,8H2,1-3H3/t9?,10-,13+,15+/m0/s1. The van der Waals surface area contributed by atoms with Crippen LogP contribution in [-0.2, 0) is 4.79 Å². The van der Waals surface area contributed by atoms with Crippen molar-refractivity contribution in [1.82, 2.24) is 0 Å². The van der Waals surface area contributed by atoms with Crippen LogP contribution in [0.4, 0.5) is 0 Å². The number of carbonyl (C=O) groups is 1. The fourth-order valence-electron chi connectivity index (χ4n) is 3.09. The van der Waals surface area contributed by atoms with Gasteiger partial charge in [0.05, 0.1) is 6.10 Å². The molecule has 0 aromatic heterocycles. The first-order chi connectivity index (χ1) is 8.40. The van der Waals surface area contributed by atoms with Gasteiger partial charge in [0.2, 0.25) is 0 Å². The highest BCUT2D eigenvalue weighted by Crippen LogP contribution is 2.49. The van der Waals surface area contributed by atoms with Gasteiger partial charge in [-0.05, 0) is 30.4 Å². The molecule has 2 aliphatic carbocycles. The lowest BCUT2D eigenvalue weighted by Crippen LogP contribution is -2.40. The first-order valence-corrected chi connectivity index (χ1v) is 6.68. The third kappa shape index (κ3) is 1.95. The lowest BCUT2D eigenvalue weighted by molar-refractivity contribution is -0.112. The van der Waals surface area contributed by atoms with Gasteiger partial charge in [-0.15, -0.1) is 0 Å². The predicted molar refractivity (Wildman–Crippen MR) is 69.9 cm³/mol. The highest BCUT2D eigenvalue weighted by molar-refractivity contribution is 6.06. The van der Waals surface area contributed by atoms with E-state index in [4.69, 9.17) is 0 Å². The summed E-state index contributed by atoms with van der Waals surface area (Å²) in [6.45, 7) is 6.08. The van der Waals surface area contributed by atoms with Crippen LogP contribution in [0.15, 0.2) is 23.3 Å². The van der Waals surface area contributed by atoms with Crippen LogP contribution in [0.1, 0.15) is 33.6 Å². The molecule has 0 amide bonds. The van der Waals surface area contributed by atoms with E-state index in [1.807, 2.05) is 13.0 Å². The maximum absolute atomic E-state index is 12.1. The summed E-state index contributed by atoms with van der Waals surface area (Å²) < 4.78 is 0. The maximum Gasteiger partial charge on any atom is 0.181 e. The predicted octanol–water partition coefficient (Wildman–Crippen LogP) is 1.85. The van der Waals surface area contributed by atoms with Crippen LogP contribution < -0.4 is 0 Å². The van der Waals surface area contributed by atoms with E-state index in [0.29, 0.717) is 11.5 Å². The van der Waals surface area contributed by atoms with Crippen LogP contribution in [0.2, 0.25) is 0 Å². The Balaban J connectivity index is 2.45. The molecule has 0 bridgehead atoms. The Labute approximate surface area is 108 Å². The molecule has 100 valence electrons. The molecule has 18 heavy (non-hydrogen) atoms. The second kappa shape index (κ2) is 4.63. The molecule has 0 heterocycles. The van der Waals surface area contributed by atoms with Crippen molar-refractivity contribution in [1.29, 1.82) is 0 Å². The Hall–Kier alpha value is -0.930. The van der Waals surface area contributed by atoms with Gasteiger partial charge >= 0.3 is 0 Å². The second-order valence-electron chi connectivity index (χ2n) is 5.92. The SMILES string of the molecule is CC(CO)C1=C[C@@]2(C)C(=CC1=O)[C@H](O)CC[C@@H]2C. The molecule has 1 unspecified atom stereocenters. The largest absolute Gasteiger partial charge is 0.396 e. The number of rotatable bonds is 2. The molecule has 0 spiro atoms. The van der Waals surface area contributed by atoms with E-state index in [-0.39, 0.29) is 23.7 Å². The monoisotopic (exact) mass is 250 g/mol. The van der Waals surface area contributed by atoms with Gasteiger partial charge in [-0.3, -0.25) is 4.79 Å². The molecule has 2 aliphatic rings. The van der Waals surface area contributed by atoms with Crippen LogP contribution in [0.3, 0.4) is 0 Å². The van der Waals surface area contributed by atoms with E-state index in [0.717, 1.165) is 18.4 Å². The summed E-state index contributed by atoms with van der Waals surface area (Å²) in [6.07, 6.45) is 4.77. The number of aliphatic hydroxyl groups is 2. The van der Waals surface area contributed by atoms with Crippen molar-refractivity contribution in [3.8, 4) is 0 Å². The van der Waals surface area contributed by atoms with Crippen LogP contribution in [0.5, 0.6) is 0 Å². The summed E-state index contributed by atoms with van der Waals surface area (Å²) in [6, 6.07) is 0. The number of aliphatic hydroxyl groups excluding tert-OH is 2. The van der Waals surface area contributed by atoms with Crippen molar-refractivity contribution in [3.05, 3.63) is 23.3 Å². The Morgan fingerprint density at radius 2 is 2.17 bits per heavy atom. The fourth-order valence-corrected chi connectivity index (χ4v) is 3.09. The van der Waals surface area contributed by atoms with E-state index < -0.39 is 6.10 Å². The lowest BCUT2D eigenvalue weighted by atomic mass is 9.60. The lowest BCUT2D eigenvalue weighted by Gasteiger charge is -2.45. The average molecular weight is 250 g/mol. The van der Waals surface area contributed by atoms with Crippen LogP contribution >= 0.6 is 0 Å². The molecule has 3 nitrogen and oxygen atoms in total. The summed E-state index contributed by atoms with van der Waals surface area (Å²) in [5, 5.41) is 19.3. The molecule has 0 radical (unpaired) electrons. The number of hydrogen-bond acceptors (Lipinski definition) is 3. The molecule has 0 aromatic rings. The van der Waals surface area contributed by atoms with E-state index in [1.165, 1.54) is 0 Å². The van der Waals surface area contributed by atoms with Crippen LogP contribution in [0.25, 0.3) is 0 Å². The van der Waals surface area contributed by atoms with E-state index in [9.17, 15) is 15.0 Å². The zero-order valence-corrected chi connectivity index (χ0v) is 11.3. The Morgan fingerprint density at radius 1 is 1.50 bits per heavy atom. The van der Waals surface area contributed by atoms with E-state index in [2.05, 4.69) is 13.8 Å². The van der Waals surface area contributed by atoms with Gasteiger partial charge in [0, 0.05) is 23.5 Å². The molecule has 4 atom stereocenters. The fraction of sp³-hybridized carbons (Fsp3) is 0.667. The van der Waals surface area contributed by atoms with Gasteiger partial charge in [-0.25, -0.2) is 0 Å². The second-order valence-corrected chi connectivity index (χ2v) is 5.92. The first-order valence-electron chi connectivity index (χ1n) is 6.68. The van der Waals surface area contributed by atoms with Crippen molar-refractivity contribution in [2.45, 2.75) is 39.7 Å². The number of hydrogen-bond donors (Lipinski definition) is 2. The Kier molecular flexibility index (Phi) is 3.47. The molecular weight excluding hydrogens is 228 g/mol. The number of carbonyl (C=O) groups excluding carboxylic acids is 1. The highest BCUT2D eigenvalue weighted by Gasteiger charge is 2.43. The van der Waals surface area contributed by atoms with Crippen molar-refractivity contribution < 1.29 is 15.0 Å². The normalized spacial score (nSPS) is 37.7. The molecule has 3 heteroatoms. The van der Waals surface area contributed by atoms with Crippen LogP contribution in [-0.4, -0.2) is 28.7 Å². The molecule has 2 N–H and O–H groups in total. The number of fused-ring (bicyclic) bond motifs is 1. The zero-order valence-electron chi connectivity index (χ0n) is 11.3. The van der Waals surface area contributed by atoms with Crippen molar-refractivity contribution in [2.24, 2.45) is 17.3 Å². The molecule has 0 saturated heterocycles. The molecule has 2 rings (SSSR count). The van der Waals surface area contributed by atoms with E-state index >= 15 is 0 Å². The zero-order chi connectivity index (χ0) is 13.5. The summed E-state index contributed by atoms with van der Waals surface area (Å²) in [4.78, 5) is 12.1. The van der Waals surface area contributed by atoms with Crippen LogP contribution in [0, 0.1) is 17.3 Å². The highest BCUT2D eigenvalue weighted by atomic mass is 16.3. The minimum atomic E-state index is -0.502. The minimum absolute atomic E-state index is 0.0201. The van der Waals surface area contributed by atoms with Gasteiger partial charge in [0.25, 0.3) is 0 Å². The van der Waals surface area contributed by atoms with Crippen molar-refractivity contribution in [2.75, 3.05) is 6.61 Å². The summed E-state index contributed by atoms with van der Waals surface area (Å²) in [5.41, 5.74) is 1.29. The third-order valence-electron chi connectivity index (χ3n) is 4.71.